The lowest BCUT2D eigenvalue weighted by atomic mass is 10.0. The number of piperidine rings is 1. The molecular formula is C18H21ClFN3O. The molecule has 4 nitrogen and oxygen atoms in total. The molecule has 0 aliphatic carbocycles. The van der Waals surface area contributed by atoms with Gasteiger partial charge in [0.2, 0.25) is 0 Å². The van der Waals surface area contributed by atoms with Gasteiger partial charge >= 0.3 is 0 Å². The lowest BCUT2D eigenvalue weighted by molar-refractivity contribution is 0.145. The van der Waals surface area contributed by atoms with E-state index in [0.29, 0.717) is 10.8 Å². The highest BCUT2D eigenvalue weighted by atomic mass is 35.5. The Morgan fingerprint density at radius 2 is 2.04 bits per heavy atom. The summed E-state index contributed by atoms with van der Waals surface area (Å²) in [5.74, 6) is 0.430. The molecule has 128 valence electrons. The zero-order valence-corrected chi connectivity index (χ0v) is 14.3. The quantitative estimate of drug-likeness (QED) is 0.875. The monoisotopic (exact) mass is 349 g/mol. The molecule has 24 heavy (non-hydrogen) atoms. The number of aliphatic hydroxyl groups excluding tert-OH is 1. The van der Waals surface area contributed by atoms with E-state index < -0.39 is 0 Å². The van der Waals surface area contributed by atoms with Crippen LogP contribution in [0.3, 0.4) is 0 Å². The van der Waals surface area contributed by atoms with E-state index in [1.54, 1.807) is 24.4 Å². The second-order valence-electron chi connectivity index (χ2n) is 6.15. The lowest BCUT2D eigenvalue weighted by Crippen LogP contribution is -2.36. The minimum Gasteiger partial charge on any atom is -0.393 e. The molecule has 1 fully saturated rings. The van der Waals surface area contributed by atoms with Crippen molar-refractivity contribution in [1.82, 2.24) is 4.98 Å². The van der Waals surface area contributed by atoms with Crippen molar-refractivity contribution in [1.29, 1.82) is 0 Å². The molecule has 1 aliphatic heterocycles. The number of nitrogens with one attached hydrogen (secondary N) is 1. The Labute approximate surface area is 146 Å². The summed E-state index contributed by atoms with van der Waals surface area (Å²) in [5.41, 5.74) is 1.88. The van der Waals surface area contributed by atoms with Gasteiger partial charge in [0.05, 0.1) is 17.2 Å². The molecule has 0 radical (unpaired) electrons. The zero-order chi connectivity index (χ0) is 17.1. The van der Waals surface area contributed by atoms with Crippen LogP contribution in [0.2, 0.25) is 5.02 Å². The summed E-state index contributed by atoms with van der Waals surface area (Å²) in [6.45, 7) is 3.52. The van der Waals surface area contributed by atoms with E-state index in [9.17, 15) is 9.50 Å². The van der Waals surface area contributed by atoms with Crippen molar-refractivity contribution in [2.24, 2.45) is 0 Å². The summed E-state index contributed by atoms with van der Waals surface area (Å²) in [7, 11) is 0. The molecule has 1 atom stereocenters. The highest BCUT2D eigenvalue weighted by Gasteiger charge is 2.21. The number of rotatable bonds is 4. The van der Waals surface area contributed by atoms with E-state index in [2.05, 4.69) is 15.2 Å². The standard InChI is InChI=1S/C18H21ClFN3O/c1-12(22-18-5-2-13(19)11-21-18)16-10-14(20)3-4-17(16)23-8-6-15(24)7-9-23/h2-5,10-12,15,24H,6-9H2,1H3,(H,21,22). The van der Waals surface area contributed by atoms with Gasteiger partial charge in [0.25, 0.3) is 0 Å². The largest absolute Gasteiger partial charge is 0.393 e. The number of aromatic nitrogens is 1. The van der Waals surface area contributed by atoms with Crippen molar-refractivity contribution >= 4 is 23.1 Å². The van der Waals surface area contributed by atoms with Gasteiger partial charge in [-0.15, -0.1) is 0 Å². The third-order valence-electron chi connectivity index (χ3n) is 4.35. The summed E-state index contributed by atoms with van der Waals surface area (Å²) in [4.78, 5) is 6.44. The minimum absolute atomic E-state index is 0.115. The van der Waals surface area contributed by atoms with Gasteiger partial charge in [-0.05, 0) is 50.1 Å². The van der Waals surface area contributed by atoms with Crippen LogP contribution in [-0.2, 0) is 0 Å². The van der Waals surface area contributed by atoms with Gasteiger partial charge in [-0.3, -0.25) is 0 Å². The third kappa shape index (κ3) is 3.97. The van der Waals surface area contributed by atoms with E-state index in [0.717, 1.165) is 37.2 Å². The van der Waals surface area contributed by atoms with Crippen LogP contribution in [0, 0.1) is 5.82 Å². The molecular weight excluding hydrogens is 329 g/mol. The Balaban J connectivity index is 1.82. The van der Waals surface area contributed by atoms with Gasteiger partial charge < -0.3 is 15.3 Å². The maximum absolute atomic E-state index is 13.8. The number of pyridine rings is 1. The van der Waals surface area contributed by atoms with Crippen LogP contribution in [0.5, 0.6) is 0 Å². The second kappa shape index (κ2) is 7.36. The number of benzene rings is 1. The molecule has 1 aliphatic rings. The summed E-state index contributed by atoms with van der Waals surface area (Å²) < 4.78 is 13.8. The van der Waals surface area contributed by atoms with Crippen LogP contribution in [0.25, 0.3) is 0 Å². The maximum atomic E-state index is 13.8. The van der Waals surface area contributed by atoms with E-state index in [1.807, 2.05) is 13.0 Å². The van der Waals surface area contributed by atoms with Crippen molar-refractivity contribution in [2.45, 2.75) is 31.9 Å². The van der Waals surface area contributed by atoms with E-state index in [1.165, 1.54) is 6.07 Å². The Kier molecular flexibility index (Phi) is 5.21. The van der Waals surface area contributed by atoms with Crippen molar-refractivity contribution < 1.29 is 9.50 Å². The summed E-state index contributed by atoms with van der Waals surface area (Å²) in [5, 5.41) is 13.6. The number of halogens is 2. The van der Waals surface area contributed by atoms with Gasteiger partial charge in [-0.2, -0.15) is 0 Å². The van der Waals surface area contributed by atoms with Gasteiger partial charge in [-0.1, -0.05) is 11.6 Å². The van der Waals surface area contributed by atoms with Gasteiger partial charge in [0.15, 0.2) is 0 Å². The van der Waals surface area contributed by atoms with Crippen LogP contribution in [0.15, 0.2) is 36.5 Å². The average Bonchev–Trinajstić information content (AvgIpc) is 2.58. The molecule has 1 aromatic heterocycles. The minimum atomic E-state index is -0.261. The first-order valence-electron chi connectivity index (χ1n) is 8.13. The predicted octanol–water partition coefficient (Wildman–Crippen LogP) is 4.01. The molecule has 0 saturated carbocycles. The maximum Gasteiger partial charge on any atom is 0.126 e. The molecule has 1 unspecified atom stereocenters. The van der Waals surface area contributed by atoms with Crippen molar-refractivity contribution in [2.75, 3.05) is 23.3 Å². The lowest BCUT2D eigenvalue weighted by Gasteiger charge is -2.34. The topological polar surface area (TPSA) is 48.4 Å². The Morgan fingerprint density at radius 1 is 1.29 bits per heavy atom. The van der Waals surface area contributed by atoms with Gasteiger partial charge in [0.1, 0.15) is 11.6 Å². The molecule has 0 bridgehead atoms. The molecule has 3 rings (SSSR count). The number of anilines is 2. The normalized spacial score (nSPS) is 16.9. The average molecular weight is 350 g/mol. The highest BCUT2D eigenvalue weighted by molar-refractivity contribution is 6.30. The van der Waals surface area contributed by atoms with Crippen molar-refractivity contribution in [3.8, 4) is 0 Å². The molecule has 1 aromatic carbocycles. The Morgan fingerprint density at radius 3 is 2.71 bits per heavy atom. The number of nitrogens with zero attached hydrogens (tertiary/aromatic N) is 2. The summed E-state index contributed by atoms with van der Waals surface area (Å²) >= 11 is 5.86. The third-order valence-corrected chi connectivity index (χ3v) is 4.58. The Hall–Kier alpha value is -1.85. The molecule has 2 N–H and O–H groups in total. The number of hydrogen-bond acceptors (Lipinski definition) is 4. The van der Waals surface area contributed by atoms with Crippen LogP contribution in [0.1, 0.15) is 31.4 Å². The molecule has 0 spiro atoms. The fourth-order valence-electron chi connectivity index (χ4n) is 3.03. The van der Waals surface area contributed by atoms with Gasteiger partial charge in [-0.25, -0.2) is 9.37 Å². The highest BCUT2D eigenvalue weighted by Crippen LogP contribution is 2.31. The first-order valence-corrected chi connectivity index (χ1v) is 8.51. The molecule has 1 saturated heterocycles. The molecule has 2 aromatic rings. The van der Waals surface area contributed by atoms with E-state index >= 15 is 0 Å². The van der Waals surface area contributed by atoms with Gasteiger partial charge in [0, 0.05) is 30.5 Å². The smallest absolute Gasteiger partial charge is 0.126 e. The van der Waals surface area contributed by atoms with Crippen LogP contribution in [0.4, 0.5) is 15.9 Å². The first-order chi connectivity index (χ1) is 11.5. The molecule has 6 heteroatoms. The zero-order valence-electron chi connectivity index (χ0n) is 13.5. The van der Waals surface area contributed by atoms with Crippen LogP contribution < -0.4 is 10.2 Å². The fourth-order valence-corrected chi connectivity index (χ4v) is 3.14. The number of aliphatic hydroxyl groups is 1. The van der Waals surface area contributed by atoms with Crippen molar-refractivity contribution in [3.05, 3.63) is 52.9 Å². The van der Waals surface area contributed by atoms with Crippen LogP contribution >= 0.6 is 11.6 Å². The van der Waals surface area contributed by atoms with E-state index in [-0.39, 0.29) is 18.0 Å². The molecule has 2 heterocycles. The summed E-state index contributed by atoms with van der Waals surface area (Å²) in [6, 6.07) is 8.31. The molecule has 0 amide bonds. The second-order valence-corrected chi connectivity index (χ2v) is 6.59. The van der Waals surface area contributed by atoms with E-state index in [4.69, 9.17) is 11.6 Å². The first kappa shape index (κ1) is 17.0. The Bertz CT molecular complexity index is 687. The van der Waals surface area contributed by atoms with Crippen molar-refractivity contribution in [3.63, 3.8) is 0 Å². The SMILES string of the molecule is CC(Nc1ccc(Cl)cn1)c1cc(F)ccc1N1CCC(O)CC1. The number of hydrogen-bond donors (Lipinski definition) is 2. The summed E-state index contributed by atoms with van der Waals surface area (Å²) in [6.07, 6.45) is 2.81. The van der Waals surface area contributed by atoms with Crippen LogP contribution in [-0.4, -0.2) is 29.3 Å². The predicted molar refractivity (Wildman–Crippen MR) is 95.1 cm³/mol. The fraction of sp³-hybridized carbons (Fsp3) is 0.389.